The van der Waals surface area contributed by atoms with E-state index in [1.807, 2.05) is 55.1 Å². The van der Waals surface area contributed by atoms with Gasteiger partial charge in [0.15, 0.2) is 0 Å². The zero-order valence-electron chi connectivity index (χ0n) is 23.2. The molecule has 0 spiro atoms. The van der Waals surface area contributed by atoms with Crippen LogP contribution in [0, 0.1) is 5.82 Å². The Kier molecular flexibility index (Phi) is 9.18. The van der Waals surface area contributed by atoms with Crippen LogP contribution in [0.5, 0.6) is 5.75 Å². The first kappa shape index (κ1) is 27.8. The van der Waals surface area contributed by atoms with E-state index in [0.717, 1.165) is 36.5 Å². The topological polar surface area (TPSA) is 36.0 Å². The number of ether oxygens (including phenoxy) is 1. The quantitative estimate of drug-likeness (QED) is 0.349. The van der Waals surface area contributed by atoms with Crippen LogP contribution in [0.4, 0.5) is 4.39 Å². The number of rotatable bonds is 9. The number of nitrogens with zero attached hydrogens (tertiary/aromatic N) is 3. The van der Waals surface area contributed by atoms with Crippen LogP contribution in [0.15, 0.2) is 72.8 Å². The van der Waals surface area contributed by atoms with Gasteiger partial charge in [0.2, 0.25) is 0 Å². The fourth-order valence-corrected chi connectivity index (χ4v) is 5.52. The SMILES string of the molecule is CCN(CC)C(=O)c1ccc([C@@H](c2cccc(OC)c2)N2C[C@@H](C)N(Cc3ccc(F)cc3)C[C@@H]2C)cc1. The van der Waals surface area contributed by atoms with E-state index < -0.39 is 0 Å². The summed E-state index contributed by atoms with van der Waals surface area (Å²) in [7, 11) is 1.70. The average Bonchev–Trinajstić information content (AvgIpc) is 2.93. The summed E-state index contributed by atoms with van der Waals surface area (Å²) in [6.07, 6.45) is 0. The molecule has 1 heterocycles. The number of piperazine rings is 1. The molecular weight excluding hydrogens is 477 g/mol. The third kappa shape index (κ3) is 6.25. The Labute approximate surface area is 226 Å². The standard InChI is InChI=1S/C32H40FN3O2/c1-6-34(7-2)32(37)27-15-13-26(14-16-27)31(28-9-8-10-30(19-28)38-5)36-21-23(3)35(20-24(36)4)22-25-11-17-29(33)18-12-25/h8-19,23-24,31H,6-7,20-22H2,1-5H3/t23-,24+,31+/m1/s1. The molecule has 0 N–H and O–H groups in total. The predicted molar refractivity (Wildman–Crippen MR) is 151 cm³/mol. The molecule has 38 heavy (non-hydrogen) atoms. The maximum atomic E-state index is 13.4. The number of methoxy groups -OCH3 is 1. The molecule has 1 saturated heterocycles. The van der Waals surface area contributed by atoms with Gasteiger partial charge in [0.1, 0.15) is 11.6 Å². The van der Waals surface area contributed by atoms with Crippen LogP contribution in [0.25, 0.3) is 0 Å². The largest absolute Gasteiger partial charge is 0.497 e. The molecule has 1 aliphatic rings. The molecule has 3 aromatic rings. The normalized spacial score (nSPS) is 19.2. The molecule has 0 aromatic heterocycles. The monoisotopic (exact) mass is 517 g/mol. The summed E-state index contributed by atoms with van der Waals surface area (Å²) in [5, 5.41) is 0. The van der Waals surface area contributed by atoms with Crippen molar-refractivity contribution in [2.75, 3.05) is 33.3 Å². The van der Waals surface area contributed by atoms with E-state index in [2.05, 4.69) is 47.9 Å². The molecule has 0 bridgehead atoms. The van der Waals surface area contributed by atoms with Gasteiger partial charge in [0.25, 0.3) is 5.91 Å². The van der Waals surface area contributed by atoms with Gasteiger partial charge in [-0.15, -0.1) is 0 Å². The summed E-state index contributed by atoms with van der Waals surface area (Å²) >= 11 is 0. The Morgan fingerprint density at radius 2 is 1.63 bits per heavy atom. The zero-order chi connectivity index (χ0) is 27.2. The zero-order valence-corrected chi connectivity index (χ0v) is 23.2. The first-order valence-corrected chi connectivity index (χ1v) is 13.6. The molecule has 5 nitrogen and oxygen atoms in total. The number of hydrogen-bond donors (Lipinski definition) is 0. The van der Waals surface area contributed by atoms with E-state index in [4.69, 9.17) is 4.74 Å². The van der Waals surface area contributed by atoms with E-state index in [9.17, 15) is 9.18 Å². The number of amides is 1. The summed E-state index contributed by atoms with van der Waals surface area (Å²) in [4.78, 5) is 19.8. The minimum atomic E-state index is -0.203. The fraction of sp³-hybridized carbons (Fsp3) is 0.406. The lowest BCUT2D eigenvalue weighted by atomic mass is 9.92. The van der Waals surface area contributed by atoms with Gasteiger partial charge in [-0.25, -0.2) is 4.39 Å². The van der Waals surface area contributed by atoms with Gasteiger partial charge in [-0.05, 0) is 80.8 Å². The third-order valence-electron chi connectivity index (χ3n) is 7.73. The Morgan fingerprint density at radius 1 is 0.947 bits per heavy atom. The Bertz CT molecular complexity index is 1190. The molecule has 3 atom stereocenters. The maximum absolute atomic E-state index is 13.4. The van der Waals surface area contributed by atoms with Gasteiger partial charge in [-0.3, -0.25) is 14.6 Å². The maximum Gasteiger partial charge on any atom is 0.253 e. The van der Waals surface area contributed by atoms with E-state index in [1.54, 1.807) is 7.11 Å². The number of halogens is 1. The van der Waals surface area contributed by atoms with Gasteiger partial charge in [0, 0.05) is 50.4 Å². The molecule has 6 heteroatoms. The lowest BCUT2D eigenvalue weighted by Gasteiger charge is -2.47. The third-order valence-corrected chi connectivity index (χ3v) is 7.73. The van der Waals surface area contributed by atoms with Crippen LogP contribution < -0.4 is 4.74 Å². The second-order valence-electron chi connectivity index (χ2n) is 10.2. The smallest absolute Gasteiger partial charge is 0.253 e. The van der Waals surface area contributed by atoms with Crippen LogP contribution in [0.2, 0.25) is 0 Å². The fourth-order valence-electron chi connectivity index (χ4n) is 5.52. The lowest BCUT2D eigenvalue weighted by molar-refractivity contribution is 0.0195. The van der Waals surface area contributed by atoms with Crippen molar-refractivity contribution < 1.29 is 13.9 Å². The molecule has 0 aliphatic carbocycles. The molecule has 0 unspecified atom stereocenters. The van der Waals surface area contributed by atoms with Crippen molar-refractivity contribution in [3.05, 3.63) is 101 Å². The van der Waals surface area contributed by atoms with Gasteiger partial charge in [-0.2, -0.15) is 0 Å². The average molecular weight is 518 g/mol. The van der Waals surface area contributed by atoms with Crippen molar-refractivity contribution >= 4 is 5.91 Å². The minimum absolute atomic E-state index is 0.0214. The van der Waals surface area contributed by atoms with Gasteiger partial charge in [0.05, 0.1) is 13.2 Å². The number of carbonyl (C=O) groups is 1. The Hall–Kier alpha value is -3.22. The van der Waals surface area contributed by atoms with Crippen LogP contribution in [-0.4, -0.2) is 66.0 Å². The molecule has 0 radical (unpaired) electrons. The van der Waals surface area contributed by atoms with Crippen LogP contribution >= 0.6 is 0 Å². The number of carbonyl (C=O) groups excluding carboxylic acids is 1. The molecular formula is C32H40FN3O2. The second-order valence-corrected chi connectivity index (χ2v) is 10.2. The van der Waals surface area contributed by atoms with E-state index in [1.165, 1.54) is 17.7 Å². The van der Waals surface area contributed by atoms with Crippen molar-refractivity contribution in [2.45, 2.75) is 52.4 Å². The molecule has 3 aromatic carbocycles. The number of benzene rings is 3. The first-order valence-electron chi connectivity index (χ1n) is 13.6. The van der Waals surface area contributed by atoms with Gasteiger partial charge < -0.3 is 9.64 Å². The first-order chi connectivity index (χ1) is 18.3. The highest BCUT2D eigenvalue weighted by atomic mass is 19.1. The van der Waals surface area contributed by atoms with Crippen molar-refractivity contribution in [3.63, 3.8) is 0 Å². The second kappa shape index (κ2) is 12.5. The highest BCUT2D eigenvalue weighted by molar-refractivity contribution is 5.94. The van der Waals surface area contributed by atoms with Gasteiger partial charge in [-0.1, -0.05) is 36.4 Å². The Morgan fingerprint density at radius 3 is 2.26 bits per heavy atom. The van der Waals surface area contributed by atoms with Gasteiger partial charge >= 0.3 is 0 Å². The van der Waals surface area contributed by atoms with Crippen LogP contribution in [-0.2, 0) is 6.54 Å². The van der Waals surface area contributed by atoms with E-state index in [0.29, 0.717) is 24.7 Å². The van der Waals surface area contributed by atoms with Crippen LogP contribution in [0.1, 0.15) is 60.8 Å². The summed E-state index contributed by atoms with van der Waals surface area (Å²) in [6, 6.07) is 23.8. The highest BCUT2D eigenvalue weighted by Gasteiger charge is 2.35. The van der Waals surface area contributed by atoms with E-state index >= 15 is 0 Å². The predicted octanol–water partition coefficient (Wildman–Crippen LogP) is 6.00. The summed E-state index contributed by atoms with van der Waals surface area (Å²) in [6.45, 7) is 12.5. The van der Waals surface area contributed by atoms with Crippen molar-refractivity contribution in [3.8, 4) is 5.75 Å². The van der Waals surface area contributed by atoms with Crippen molar-refractivity contribution in [2.24, 2.45) is 0 Å². The minimum Gasteiger partial charge on any atom is -0.497 e. The molecule has 4 rings (SSSR count). The van der Waals surface area contributed by atoms with Crippen molar-refractivity contribution in [1.29, 1.82) is 0 Å². The molecule has 0 saturated carbocycles. The molecule has 1 amide bonds. The molecule has 1 fully saturated rings. The van der Waals surface area contributed by atoms with E-state index in [-0.39, 0.29) is 23.8 Å². The molecule has 202 valence electrons. The Balaban J connectivity index is 1.62. The summed E-state index contributed by atoms with van der Waals surface area (Å²) in [5.74, 6) is 0.693. The van der Waals surface area contributed by atoms with Crippen molar-refractivity contribution in [1.82, 2.24) is 14.7 Å². The summed E-state index contributed by atoms with van der Waals surface area (Å²) < 4.78 is 19.0. The summed E-state index contributed by atoms with van der Waals surface area (Å²) in [5.41, 5.74) is 4.16. The lowest BCUT2D eigenvalue weighted by Crippen LogP contribution is -2.56. The molecule has 1 aliphatic heterocycles. The van der Waals surface area contributed by atoms with Crippen LogP contribution in [0.3, 0.4) is 0 Å². The number of hydrogen-bond acceptors (Lipinski definition) is 4. The highest BCUT2D eigenvalue weighted by Crippen LogP contribution is 2.35.